The molecule has 0 aliphatic heterocycles. The molecule has 2 N–H and O–H groups in total. The number of nitrogens with two attached hydrogens (primary N) is 1. The highest BCUT2D eigenvalue weighted by atomic mass is 79.9. The fourth-order valence-electron chi connectivity index (χ4n) is 1.59. The Bertz CT molecular complexity index is 596. The van der Waals surface area contributed by atoms with Crippen molar-refractivity contribution in [1.82, 2.24) is 0 Å². The van der Waals surface area contributed by atoms with Gasteiger partial charge in [-0.05, 0) is 35.9 Å². The number of benzene rings is 2. The van der Waals surface area contributed by atoms with Crippen molar-refractivity contribution in [3.8, 4) is 0 Å². The summed E-state index contributed by atoms with van der Waals surface area (Å²) in [5.41, 5.74) is 6.60. The Labute approximate surface area is 118 Å². The van der Waals surface area contributed by atoms with Gasteiger partial charge in [0.15, 0.2) is 0 Å². The van der Waals surface area contributed by atoms with Crippen LogP contribution < -0.4 is 5.73 Å². The predicted octanol–water partition coefficient (Wildman–Crippen LogP) is 3.53. The first kappa shape index (κ1) is 13.5. The second-order valence-electron chi connectivity index (χ2n) is 3.98. The molecule has 2 aromatic rings. The van der Waals surface area contributed by atoms with Crippen LogP contribution in [-0.2, 0) is 11.3 Å². The second kappa shape index (κ2) is 5.84. The first-order valence-corrected chi connectivity index (χ1v) is 6.31. The van der Waals surface area contributed by atoms with Crippen molar-refractivity contribution in [2.75, 3.05) is 5.73 Å². The number of carbonyl (C=O) groups excluding carboxylic acids is 1. The van der Waals surface area contributed by atoms with Crippen LogP contribution in [-0.4, -0.2) is 5.97 Å². The largest absolute Gasteiger partial charge is 0.457 e. The highest BCUT2D eigenvalue weighted by Crippen LogP contribution is 2.15. The fourth-order valence-corrected chi connectivity index (χ4v) is 2.04. The van der Waals surface area contributed by atoms with E-state index >= 15 is 0 Å². The molecule has 0 heterocycles. The molecule has 0 amide bonds. The molecule has 0 aromatic heterocycles. The van der Waals surface area contributed by atoms with Crippen molar-refractivity contribution in [3.63, 3.8) is 0 Å². The number of carbonyl (C=O) groups is 1. The van der Waals surface area contributed by atoms with Crippen molar-refractivity contribution in [2.45, 2.75) is 6.61 Å². The first-order valence-electron chi connectivity index (χ1n) is 5.52. The van der Waals surface area contributed by atoms with Gasteiger partial charge in [0, 0.05) is 10.2 Å². The van der Waals surface area contributed by atoms with E-state index in [0.29, 0.717) is 0 Å². The molecule has 0 bridgehead atoms. The Morgan fingerprint density at radius 1 is 1.26 bits per heavy atom. The molecule has 2 aromatic carbocycles. The lowest BCUT2D eigenvalue weighted by molar-refractivity contribution is 0.0472. The van der Waals surface area contributed by atoms with E-state index in [-0.39, 0.29) is 17.9 Å². The topological polar surface area (TPSA) is 52.3 Å². The second-order valence-corrected chi connectivity index (χ2v) is 4.89. The summed E-state index contributed by atoms with van der Waals surface area (Å²) >= 11 is 3.33. The van der Waals surface area contributed by atoms with Gasteiger partial charge in [-0.2, -0.15) is 0 Å². The highest BCUT2D eigenvalue weighted by Gasteiger charge is 2.10. The summed E-state index contributed by atoms with van der Waals surface area (Å²) in [6, 6.07) is 11.0. The summed E-state index contributed by atoms with van der Waals surface area (Å²) in [7, 11) is 0. The minimum absolute atomic E-state index is 0.104. The van der Waals surface area contributed by atoms with Crippen LogP contribution in [0.3, 0.4) is 0 Å². The molecule has 98 valence electrons. The van der Waals surface area contributed by atoms with E-state index < -0.39 is 11.8 Å². The maximum absolute atomic E-state index is 13.1. The van der Waals surface area contributed by atoms with Crippen LogP contribution in [0.5, 0.6) is 0 Å². The van der Waals surface area contributed by atoms with Gasteiger partial charge < -0.3 is 10.5 Å². The normalized spacial score (nSPS) is 10.2. The number of nitrogen functional groups attached to an aromatic ring is 1. The molecule has 19 heavy (non-hydrogen) atoms. The van der Waals surface area contributed by atoms with Crippen LogP contribution in [0, 0.1) is 5.82 Å². The van der Waals surface area contributed by atoms with E-state index in [2.05, 4.69) is 15.9 Å². The van der Waals surface area contributed by atoms with E-state index in [9.17, 15) is 9.18 Å². The van der Waals surface area contributed by atoms with Gasteiger partial charge in [0.2, 0.25) is 0 Å². The molecule has 0 saturated carbocycles. The maximum Gasteiger partial charge on any atom is 0.338 e. The molecule has 3 nitrogen and oxygen atoms in total. The van der Waals surface area contributed by atoms with Crippen LogP contribution in [0.15, 0.2) is 46.9 Å². The quantitative estimate of drug-likeness (QED) is 0.694. The Kier molecular flexibility index (Phi) is 4.16. The van der Waals surface area contributed by atoms with Gasteiger partial charge in [0.05, 0.1) is 5.56 Å². The Hall–Kier alpha value is -1.88. The van der Waals surface area contributed by atoms with Crippen molar-refractivity contribution >= 4 is 27.6 Å². The monoisotopic (exact) mass is 323 g/mol. The standard InChI is InChI=1S/C14H11BrFNO2/c15-11-3-1-2-9(4-11)8-19-14(18)10-5-12(16)7-13(17)6-10/h1-7H,8,17H2. The Morgan fingerprint density at radius 2 is 2.05 bits per heavy atom. The first-order chi connectivity index (χ1) is 9.04. The van der Waals surface area contributed by atoms with Gasteiger partial charge in [-0.15, -0.1) is 0 Å². The SMILES string of the molecule is Nc1cc(F)cc(C(=O)OCc2cccc(Br)c2)c1. The molecule has 0 spiro atoms. The number of ether oxygens (including phenoxy) is 1. The average Bonchev–Trinajstić information content (AvgIpc) is 2.35. The third-order valence-corrected chi connectivity index (χ3v) is 2.91. The zero-order valence-corrected chi connectivity index (χ0v) is 11.5. The van der Waals surface area contributed by atoms with Crippen LogP contribution in [0.25, 0.3) is 0 Å². The Morgan fingerprint density at radius 3 is 2.74 bits per heavy atom. The molecule has 0 radical (unpaired) electrons. The molecule has 0 aliphatic rings. The fraction of sp³-hybridized carbons (Fsp3) is 0.0714. The molecule has 0 saturated heterocycles. The van der Waals surface area contributed by atoms with Crippen LogP contribution >= 0.6 is 15.9 Å². The zero-order chi connectivity index (χ0) is 13.8. The van der Waals surface area contributed by atoms with Gasteiger partial charge in [-0.3, -0.25) is 0 Å². The minimum atomic E-state index is -0.605. The van der Waals surface area contributed by atoms with E-state index in [1.54, 1.807) is 0 Å². The molecular formula is C14H11BrFNO2. The Balaban J connectivity index is 2.05. The molecule has 0 unspecified atom stereocenters. The van der Waals surface area contributed by atoms with Crippen LogP contribution in [0.1, 0.15) is 15.9 Å². The number of esters is 1. The van der Waals surface area contributed by atoms with E-state index in [1.165, 1.54) is 6.07 Å². The highest BCUT2D eigenvalue weighted by molar-refractivity contribution is 9.10. The minimum Gasteiger partial charge on any atom is -0.457 e. The molecule has 5 heteroatoms. The summed E-state index contributed by atoms with van der Waals surface area (Å²) in [5.74, 6) is -1.17. The van der Waals surface area contributed by atoms with Crippen molar-refractivity contribution in [1.29, 1.82) is 0 Å². The zero-order valence-electron chi connectivity index (χ0n) is 9.90. The van der Waals surface area contributed by atoms with E-state index in [0.717, 1.165) is 22.2 Å². The van der Waals surface area contributed by atoms with Crippen LogP contribution in [0.4, 0.5) is 10.1 Å². The molecular weight excluding hydrogens is 313 g/mol. The lowest BCUT2D eigenvalue weighted by Gasteiger charge is -2.06. The third-order valence-electron chi connectivity index (χ3n) is 2.41. The van der Waals surface area contributed by atoms with Gasteiger partial charge in [0.25, 0.3) is 0 Å². The lowest BCUT2D eigenvalue weighted by Crippen LogP contribution is -2.06. The smallest absolute Gasteiger partial charge is 0.338 e. The average molecular weight is 324 g/mol. The summed E-state index contributed by atoms with van der Waals surface area (Å²) < 4.78 is 19.1. The van der Waals surface area contributed by atoms with Gasteiger partial charge in [-0.25, -0.2) is 9.18 Å². The van der Waals surface area contributed by atoms with Gasteiger partial charge in [-0.1, -0.05) is 28.1 Å². The lowest BCUT2D eigenvalue weighted by atomic mass is 10.2. The third kappa shape index (κ3) is 3.79. The van der Waals surface area contributed by atoms with Crippen LogP contribution in [0.2, 0.25) is 0 Å². The summed E-state index contributed by atoms with van der Waals surface area (Å²) in [4.78, 5) is 11.8. The number of hydrogen-bond donors (Lipinski definition) is 1. The molecule has 0 atom stereocenters. The van der Waals surface area contributed by atoms with Crippen molar-refractivity contribution < 1.29 is 13.9 Å². The molecule has 0 fully saturated rings. The molecule has 2 rings (SSSR count). The van der Waals surface area contributed by atoms with Crippen molar-refractivity contribution in [2.24, 2.45) is 0 Å². The predicted molar refractivity (Wildman–Crippen MR) is 74.1 cm³/mol. The molecule has 0 aliphatic carbocycles. The maximum atomic E-state index is 13.1. The number of halogens is 2. The van der Waals surface area contributed by atoms with E-state index in [4.69, 9.17) is 10.5 Å². The van der Waals surface area contributed by atoms with Crippen molar-refractivity contribution in [3.05, 3.63) is 63.9 Å². The number of hydrogen-bond acceptors (Lipinski definition) is 3. The number of rotatable bonds is 3. The summed E-state index contributed by atoms with van der Waals surface area (Å²) in [6.07, 6.45) is 0. The summed E-state index contributed by atoms with van der Waals surface area (Å²) in [5, 5.41) is 0. The van der Waals surface area contributed by atoms with E-state index in [1.807, 2.05) is 24.3 Å². The van der Waals surface area contributed by atoms with Gasteiger partial charge in [0.1, 0.15) is 12.4 Å². The summed E-state index contributed by atoms with van der Waals surface area (Å²) in [6.45, 7) is 0.120. The number of anilines is 1. The van der Waals surface area contributed by atoms with Gasteiger partial charge >= 0.3 is 5.97 Å².